The number of nitrogens with zero attached hydrogens (tertiary/aromatic N) is 2. The van der Waals surface area contributed by atoms with Crippen molar-refractivity contribution in [2.75, 3.05) is 13.2 Å². The normalized spacial score (nSPS) is 11.3. The highest BCUT2D eigenvalue weighted by atomic mass is 127. The minimum absolute atomic E-state index is 0.123. The SMILES string of the molecule is CCCCCCCCOc1ccc(-c2nc3c(C)c(F)c(F)c(I)c3nc2-c2ccc(OCCCCCCCC)cc2)cc1. The number of unbranched alkanes of at least 4 members (excludes halogenated alkanes) is 10. The van der Waals surface area contributed by atoms with Gasteiger partial charge < -0.3 is 9.47 Å². The molecule has 0 aliphatic carbocycles. The first-order valence-electron chi connectivity index (χ1n) is 16.3. The molecule has 1 aromatic heterocycles. The van der Waals surface area contributed by atoms with Gasteiger partial charge in [0.15, 0.2) is 11.6 Å². The van der Waals surface area contributed by atoms with Gasteiger partial charge >= 0.3 is 0 Å². The van der Waals surface area contributed by atoms with Gasteiger partial charge in [0.05, 0.1) is 33.7 Å². The minimum atomic E-state index is -0.895. The van der Waals surface area contributed by atoms with Crippen LogP contribution in [-0.2, 0) is 0 Å². The number of rotatable bonds is 18. The molecule has 4 nitrogen and oxygen atoms in total. The van der Waals surface area contributed by atoms with Crippen LogP contribution in [0.3, 0.4) is 0 Å². The van der Waals surface area contributed by atoms with Gasteiger partial charge in [0.25, 0.3) is 0 Å². The van der Waals surface area contributed by atoms with Crippen LogP contribution in [0.15, 0.2) is 48.5 Å². The van der Waals surface area contributed by atoms with Crippen LogP contribution in [0, 0.1) is 22.1 Å². The van der Waals surface area contributed by atoms with Crippen molar-refractivity contribution in [1.82, 2.24) is 9.97 Å². The summed E-state index contributed by atoms with van der Waals surface area (Å²) in [6, 6.07) is 15.5. The molecule has 0 saturated carbocycles. The van der Waals surface area contributed by atoms with Gasteiger partial charge in [0, 0.05) is 16.7 Å². The third-order valence-electron chi connectivity index (χ3n) is 7.96. The van der Waals surface area contributed by atoms with E-state index >= 15 is 0 Å². The zero-order valence-electron chi connectivity index (χ0n) is 26.4. The lowest BCUT2D eigenvalue weighted by Gasteiger charge is -2.15. The van der Waals surface area contributed by atoms with Gasteiger partial charge in [-0.05, 0) is 90.9 Å². The third kappa shape index (κ3) is 9.11. The smallest absolute Gasteiger partial charge is 0.174 e. The molecule has 4 aromatic rings. The summed E-state index contributed by atoms with van der Waals surface area (Å²) < 4.78 is 41.6. The van der Waals surface area contributed by atoms with Crippen LogP contribution in [0.2, 0.25) is 0 Å². The first-order chi connectivity index (χ1) is 21.4. The lowest BCUT2D eigenvalue weighted by Crippen LogP contribution is -2.03. The maximum atomic E-state index is 14.7. The highest BCUT2D eigenvalue weighted by Gasteiger charge is 2.22. The fourth-order valence-corrected chi connectivity index (χ4v) is 5.90. The van der Waals surface area contributed by atoms with E-state index in [1.807, 2.05) is 71.1 Å². The Hall–Kier alpha value is -2.81. The maximum Gasteiger partial charge on any atom is 0.174 e. The van der Waals surface area contributed by atoms with Crippen molar-refractivity contribution in [3.63, 3.8) is 0 Å². The van der Waals surface area contributed by atoms with Gasteiger partial charge in [0.2, 0.25) is 0 Å². The standard InChI is InChI=1S/C37H45F2IN2O2/c1-4-6-8-10-12-14-24-43-29-20-16-27(17-21-29)35-36(42-37-33(40)32(39)31(38)26(3)34(37)41-35)28-18-22-30(23-19-28)44-25-15-13-11-9-7-5-2/h16-23H,4-15,24-25H2,1-3H3. The molecule has 0 fully saturated rings. The summed E-state index contributed by atoms with van der Waals surface area (Å²) in [4.78, 5) is 9.78. The van der Waals surface area contributed by atoms with E-state index in [0.717, 1.165) is 35.5 Å². The van der Waals surface area contributed by atoms with E-state index in [2.05, 4.69) is 13.8 Å². The third-order valence-corrected chi connectivity index (χ3v) is 8.95. The molecule has 0 atom stereocenters. The predicted octanol–water partition coefficient (Wildman–Crippen LogP) is 11.6. The molecule has 44 heavy (non-hydrogen) atoms. The number of benzene rings is 3. The lowest BCUT2D eigenvalue weighted by atomic mass is 10.0. The van der Waals surface area contributed by atoms with Crippen molar-refractivity contribution in [1.29, 1.82) is 0 Å². The van der Waals surface area contributed by atoms with Crippen LogP contribution in [0.1, 0.15) is 96.5 Å². The highest BCUT2D eigenvalue weighted by Crippen LogP contribution is 2.36. The van der Waals surface area contributed by atoms with Crippen LogP contribution in [0.25, 0.3) is 33.5 Å². The van der Waals surface area contributed by atoms with Gasteiger partial charge in [-0.2, -0.15) is 0 Å². The van der Waals surface area contributed by atoms with Gasteiger partial charge in [0.1, 0.15) is 17.0 Å². The van der Waals surface area contributed by atoms with Crippen LogP contribution >= 0.6 is 22.6 Å². The molecule has 0 bridgehead atoms. The molecule has 0 N–H and O–H groups in total. The van der Waals surface area contributed by atoms with Crippen LogP contribution in [0.4, 0.5) is 8.78 Å². The average Bonchev–Trinajstić information content (AvgIpc) is 3.05. The molecule has 0 amide bonds. The lowest BCUT2D eigenvalue weighted by molar-refractivity contribution is 0.304. The predicted molar refractivity (Wildman–Crippen MR) is 186 cm³/mol. The van der Waals surface area contributed by atoms with Crippen molar-refractivity contribution in [2.45, 2.75) is 97.8 Å². The molecule has 0 radical (unpaired) electrons. The summed E-state index contributed by atoms with van der Waals surface area (Å²) >= 11 is 1.82. The Morgan fingerprint density at radius 3 is 1.43 bits per heavy atom. The fourth-order valence-electron chi connectivity index (χ4n) is 5.28. The van der Waals surface area contributed by atoms with Crippen LogP contribution < -0.4 is 9.47 Å². The minimum Gasteiger partial charge on any atom is -0.494 e. The van der Waals surface area contributed by atoms with E-state index in [-0.39, 0.29) is 9.13 Å². The molecule has 3 aromatic carbocycles. The Morgan fingerprint density at radius 1 is 0.568 bits per heavy atom. The van der Waals surface area contributed by atoms with E-state index < -0.39 is 11.6 Å². The van der Waals surface area contributed by atoms with E-state index in [1.165, 1.54) is 64.2 Å². The number of ether oxygens (including phenoxy) is 2. The Morgan fingerprint density at radius 2 is 0.977 bits per heavy atom. The Kier molecular flexibility index (Phi) is 13.6. The van der Waals surface area contributed by atoms with Crippen molar-refractivity contribution in [2.24, 2.45) is 0 Å². The molecule has 0 aliphatic rings. The zero-order chi connectivity index (χ0) is 31.3. The second-order valence-electron chi connectivity index (χ2n) is 11.5. The molecular weight excluding hydrogens is 669 g/mol. The van der Waals surface area contributed by atoms with E-state index in [4.69, 9.17) is 19.4 Å². The number of aromatic nitrogens is 2. The second kappa shape index (κ2) is 17.6. The van der Waals surface area contributed by atoms with Gasteiger partial charge in [-0.15, -0.1) is 0 Å². The summed E-state index contributed by atoms with van der Waals surface area (Å²) in [6.07, 6.45) is 14.5. The molecule has 236 valence electrons. The average molecular weight is 715 g/mol. The number of aryl methyl sites for hydroxylation is 1. The molecule has 0 unspecified atom stereocenters. The largest absolute Gasteiger partial charge is 0.494 e. The van der Waals surface area contributed by atoms with Crippen molar-refractivity contribution in [3.8, 4) is 34.0 Å². The number of hydrogen-bond donors (Lipinski definition) is 0. The molecule has 4 rings (SSSR count). The van der Waals surface area contributed by atoms with Gasteiger partial charge in [-0.1, -0.05) is 78.1 Å². The highest BCUT2D eigenvalue weighted by molar-refractivity contribution is 14.1. The Bertz CT molecular complexity index is 1360. The topological polar surface area (TPSA) is 44.2 Å². The number of hydrogen-bond acceptors (Lipinski definition) is 4. The Labute approximate surface area is 275 Å². The van der Waals surface area contributed by atoms with Gasteiger partial charge in [-0.3, -0.25) is 0 Å². The molecule has 1 heterocycles. The maximum absolute atomic E-state index is 14.7. The summed E-state index contributed by atoms with van der Waals surface area (Å²) in [5.74, 6) is -0.194. The first kappa shape index (κ1) is 34.1. The summed E-state index contributed by atoms with van der Waals surface area (Å²) in [7, 11) is 0. The first-order valence-corrected chi connectivity index (χ1v) is 17.3. The number of fused-ring (bicyclic) bond motifs is 1. The quantitative estimate of drug-likeness (QED) is 0.0585. The molecule has 0 aliphatic heterocycles. The second-order valence-corrected chi connectivity index (χ2v) is 12.5. The van der Waals surface area contributed by atoms with Gasteiger partial charge in [-0.25, -0.2) is 18.7 Å². The molecule has 7 heteroatoms. The van der Waals surface area contributed by atoms with Crippen LogP contribution in [0.5, 0.6) is 11.5 Å². The summed E-state index contributed by atoms with van der Waals surface area (Å²) in [5, 5.41) is 0. The molecule has 0 saturated heterocycles. The van der Waals surface area contributed by atoms with E-state index in [9.17, 15) is 8.78 Å². The van der Waals surface area contributed by atoms with Crippen molar-refractivity contribution < 1.29 is 18.3 Å². The molecular formula is C37H45F2IN2O2. The summed E-state index contributed by atoms with van der Waals surface area (Å²) in [6.45, 7) is 7.36. The monoisotopic (exact) mass is 714 g/mol. The fraction of sp³-hybridized carbons (Fsp3) is 0.459. The van der Waals surface area contributed by atoms with Crippen LogP contribution in [-0.4, -0.2) is 23.2 Å². The van der Waals surface area contributed by atoms with E-state index in [1.54, 1.807) is 6.92 Å². The van der Waals surface area contributed by atoms with Crippen molar-refractivity contribution >= 4 is 33.6 Å². The number of halogens is 3. The van der Waals surface area contributed by atoms with Crippen molar-refractivity contribution in [3.05, 3.63) is 69.3 Å². The Balaban J connectivity index is 1.55. The molecule has 0 spiro atoms. The van der Waals surface area contributed by atoms with E-state index in [0.29, 0.717) is 35.6 Å². The summed E-state index contributed by atoms with van der Waals surface area (Å²) in [5.41, 5.74) is 3.70. The zero-order valence-corrected chi connectivity index (χ0v) is 28.5.